The van der Waals surface area contributed by atoms with Crippen LogP contribution in [0.25, 0.3) is 0 Å². The smallest absolute Gasteiger partial charge is 0.305 e. The minimum Gasteiger partial charge on any atom is -0.465 e. The van der Waals surface area contributed by atoms with Gasteiger partial charge in [-0.3, -0.25) is 4.79 Å². The minimum atomic E-state index is -0.0285. The van der Waals surface area contributed by atoms with E-state index in [4.69, 9.17) is 4.74 Å². The number of esters is 1. The van der Waals surface area contributed by atoms with Crippen molar-refractivity contribution in [3.05, 3.63) is 12.2 Å². The van der Waals surface area contributed by atoms with E-state index in [0.29, 0.717) is 24.9 Å². The molecule has 3 atom stereocenters. The zero-order chi connectivity index (χ0) is 9.97. The summed E-state index contributed by atoms with van der Waals surface area (Å²) in [4.78, 5) is 11.2. The zero-order valence-electron chi connectivity index (χ0n) is 8.74. The maximum Gasteiger partial charge on any atom is 0.305 e. The number of hydrogen-bond acceptors (Lipinski definition) is 2. The van der Waals surface area contributed by atoms with Gasteiger partial charge in [-0.25, -0.2) is 0 Å². The molecule has 0 aromatic rings. The van der Waals surface area contributed by atoms with Crippen LogP contribution in [-0.4, -0.2) is 12.6 Å². The standard InChI is InChI=1S/C12H18O2/c1-2-3-12(13)14-8-11-7-9-4-5-10(11)6-9/h4-5,9-11H,2-3,6-8H2,1H3/t9-,10+,11?/m0/s1. The molecule has 2 bridgehead atoms. The average Bonchev–Trinajstić information content (AvgIpc) is 2.76. The number of hydrogen-bond donors (Lipinski definition) is 0. The Bertz CT molecular complexity index is 245. The highest BCUT2D eigenvalue weighted by Gasteiger charge is 2.35. The summed E-state index contributed by atoms with van der Waals surface area (Å²) in [6, 6.07) is 0. The predicted molar refractivity (Wildman–Crippen MR) is 54.7 cm³/mol. The van der Waals surface area contributed by atoms with Crippen molar-refractivity contribution in [3.63, 3.8) is 0 Å². The van der Waals surface area contributed by atoms with Crippen LogP contribution in [0.1, 0.15) is 32.6 Å². The summed E-state index contributed by atoms with van der Waals surface area (Å²) < 4.78 is 5.25. The Kier molecular flexibility index (Phi) is 2.90. The second-order valence-corrected chi connectivity index (χ2v) is 4.47. The third-order valence-corrected chi connectivity index (χ3v) is 3.33. The van der Waals surface area contributed by atoms with Gasteiger partial charge in [0.2, 0.25) is 0 Å². The van der Waals surface area contributed by atoms with Crippen molar-refractivity contribution < 1.29 is 9.53 Å². The molecule has 0 N–H and O–H groups in total. The second kappa shape index (κ2) is 4.16. The molecule has 2 heteroatoms. The molecule has 0 aliphatic heterocycles. The Morgan fingerprint density at radius 2 is 2.29 bits per heavy atom. The fourth-order valence-corrected chi connectivity index (χ4v) is 2.56. The van der Waals surface area contributed by atoms with Gasteiger partial charge < -0.3 is 4.74 Å². The van der Waals surface area contributed by atoms with Crippen molar-refractivity contribution in [2.75, 3.05) is 6.61 Å². The van der Waals surface area contributed by atoms with Crippen LogP contribution in [0.15, 0.2) is 12.2 Å². The third kappa shape index (κ3) is 1.99. The van der Waals surface area contributed by atoms with E-state index in [-0.39, 0.29) is 5.97 Å². The second-order valence-electron chi connectivity index (χ2n) is 4.47. The monoisotopic (exact) mass is 194 g/mol. The molecular weight excluding hydrogens is 176 g/mol. The van der Waals surface area contributed by atoms with Crippen LogP contribution in [0.4, 0.5) is 0 Å². The highest BCUT2D eigenvalue weighted by Crippen LogP contribution is 2.43. The predicted octanol–water partition coefficient (Wildman–Crippen LogP) is 2.54. The summed E-state index contributed by atoms with van der Waals surface area (Å²) in [5.74, 6) is 2.04. The van der Waals surface area contributed by atoms with Gasteiger partial charge in [0.15, 0.2) is 0 Å². The summed E-state index contributed by atoms with van der Waals surface area (Å²) in [6.07, 6.45) is 8.57. The lowest BCUT2D eigenvalue weighted by Crippen LogP contribution is -2.17. The first kappa shape index (κ1) is 9.75. The molecule has 1 fully saturated rings. The molecule has 2 aliphatic carbocycles. The van der Waals surface area contributed by atoms with Crippen molar-refractivity contribution in [2.24, 2.45) is 17.8 Å². The first-order chi connectivity index (χ1) is 6.79. The fourth-order valence-electron chi connectivity index (χ4n) is 2.56. The van der Waals surface area contributed by atoms with E-state index >= 15 is 0 Å². The maximum absolute atomic E-state index is 11.2. The largest absolute Gasteiger partial charge is 0.465 e. The highest BCUT2D eigenvalue weighted by molar-refractivity contribution is 5.69. The van der Waals surface area contributed by atoms with Crippen LogP contribution in [0.2, 0.25) is 0 Å². The molecule has 0 amide bonds. The van der Waals surface area contributed by atoms with Gasteiger partial charge in [-0.2, -0.15) is 0 Å². The summed E-state index contributed by atoms with van der Waals surface area (Å²) in [6.45, 7) is 2.64. The number of rotatable bonds is 4. The molecular formula is C12H18O2. The van der Waals surface area contributed by atoms with Crippen molar-refractivity contribution in [1.82, 2.24) is 0 Å². The van der Waals surface area contributed by atoms with E-state index in [1.54, 1.807) is 0 Å². The molecule has 2 nitrogen and oxygen atoms in total. The maximum atomic E-state index is 11.2. The molecule has 0 saturated heterocycles. The fraction of sp³-hybridized carbons (Fsp3) is 0.750. The highest BCUT2D eigenvalue weighted by atomic mass is 16.5. The van der Waals surface area contributed by atoms with Gasteiger partial charge in [0.05, 0.1) is 6.61 Å². The number of carbonyl (C=O) groups is 1. The normalized spacial score (nSPS) is 33.6. The molecule has 0 spiro atoms. The van der Waals surface area contributed by atoms with E-state index in [1.165, 1.54) is 12.8 Å². The molecule has 0 heterocycles. The number of allylic oxidation sites excluding steroid dienone is 2. The molecule has 0 aromatic carbocycles. The Balaban J connectivity index is 1.72. The van der Waals surface area contributed by atoms with Crippen LogP contribution in [-0.2, 0) is 9.53 Å². The molecule has 0 aromatic heterocycles. The Morgan fingerprint density at radius 3 is 2.86 bits per heavy atom. The van der Waals surface area contributed by atoms with Gasteiger partial charge in [0, 0.05) is 6.42 Å². The molecule has 1 saturated carbocycles. The van der Waals surface area contributed by atoms with Gasteiger partial charge in [-0.15, -0.1) is 0 Å². The minimum absolute atomic E-state index is 0.0285. The van der Waals surface area contributed by atoms with E-state index in [9.17, 15) is 4.79 Å². The summed E-state index contributed by atoms with van der Waals surface area (Å²) in [5.41, 5.74) is 0. The van der Waals surface area contributed by atoms with Crippen LogP contribution in [0, 0.1) is 17.8 Å². The number of carbonyl (C=O) groups excluding carboxylic acids is 1. The van der Waals surface area contributed by atoms with Crippen LogP contribution >= 0.6 is 0 Å². The Labute approximate surface area is 85.3 Å². The summed E-state index contributed by atoms with van der Waals surface area (Å²) >= 11 is 0. The van der Waals surface area contributed by atoms with Crippen molar-refractivity contribution in [1.29, 1.82) is 0 Å². The van der Waals surface area contributed by atoms with Crippen LogP contribution in [0.5, 0.6) is 0 Å². The molecule has 78 valence electrons. The molecule has 14 heavy (non-hydrogen) atoms. The lowest BCUT2D eigenvalue weighted by Gasteiger charge is -2.17. The van der Waals surface area contributed by atoms with E-state index in [1.807, 2.05) is 6.92 Å². The van der Waals surface area contributed by atoms with E-state index in [2.05, 4.69) is 12.2 Å². The van der Waals surface area contributed by atoms with E-state index in [0.717, 1.165) is 12.3 Å². The average molecular weight is 194 g/mol. The van der Waals surface area contributed by atoms with Crippen molar-refractivity contribution in [2.45, 2.75) is 32.6 Å². The number of fused-ring (bicyclic) bond motifs is 2. The molecule has 2 rings (SSSR count). The van der Waals surface area contributed by atoms with Crippen molar-refractivity contribution >= 4 is 5.97 Å². The Hall–Kier alpha value is -0.790. The lowest BCUT2D eigenvalue weighted by molar-refractivity contribution is -0.145. The van der Waals surface area contributed by atoms with Gasteiger partial charge in [-0.1, -0.05) is 19.1 Å². The molecule has 2 aliphatic rings. The summed E-state index contributed by atoms with van der Waals surface area (Å²) in [7, 11) is 0. The zero-order valence-corrected chi connectivity index (χ0v) is 8.74. The van der Waals surface area contributed by atoms with Crippen LogP contribution < -0.4 is 0 Å². The Morgan fingerprint density at radius 1 is 1.43 bits per heavy atom. The van der Waals surface area contributed by atoms with Gasteiger partial charge in [0.1, 0.15) is 0 Å². The number of ether oxygens (including phenoxy) is 1. The topological polar surface area (TPSA) is 26.3 Å². The van der Waals surface area contributed by atoms with Crippen LogP contribution in [0.3, 0.4) is 0 Å². The quantitative estimate of drug-likeness (QED) is 0.508. The first-order valence-electron chi connectivity index (χ1n) is 5.63. The van der Waals surface area contributed by atoms with Gasteiger partial charge >= 0.3 is 5.97 Å². The van der Waals surface area contributed by atoms with Crippen molar-refractivity contribution in [3.8, 4) is 0 Å². The summed E-state index contributed by atoms with van der Waals surface area (Å²) in [5, 5.41) is 0. The SMILES string of the molecule is CCCC(=O)OCC1C[C@H]2C=C[C@@H]1C2. The molecule has 0 radical (unpaired) electrons. The third-order valence-electron chi connectivity index (χ3n) is 3.33. The lowest BCUT2D eigenvalue weighted by atomic mass is 9.95. The first-order valence-corrected chi connectivity index (χ1v) is 5.63. The molecule has 1 unspecified atom stereocenters. The van der Waals surface area contributed by atoms with E-state index < -0.39 is 0 Å². The van der Waals surface area contributed by atoms with Gasteiger partial charge in [-0.05, 0) is 37.0 Å². The van der Waals surface area contributed by atoms with Gasteiger partial charge in [0.25, 0.3) is 0 Å².